The monoisotopic (exact) mass is 336 g/mol. The zero-order valence-electron chi connectivity index (χ0n) is 9.57. The number of aromatic nitrogens is 1. The molecular formula is C14H7BrClFN2. The molecule has 0 saturated heterocycles. The maximum absolute atomic E-state index is 13.8. The van der Waals surface area contributed by atoms with Crippen molar-refractivity contribution in [3.8, 4) is 6.07 Å². The first-order valence-electron chi connectivity index (χ1n) is 5.29. The predicted molar refractivity (Wildman–Crippen MR) is 76.6 cm³/mol. The van der Waals surface area contributed by atoms with Gasteiger partial charge in [-0.2, -0.15) is 5.26 Å². The second-order valence-electron chi connectivity index (χ2n) is 3.64. The largest absolute Gasteiger partial charge is 0.264 e. The van der Waals surface area contributed by atoms with Crippen LogP contribution in [0.5, 0.6) is 0 Å². The molecule has 0 N–H and O–H groups in total. The Morgan fingerprint density at radius 3 is 2.68 bits per heavy atom. The predicted octanol–water partition coefficient (Wildman–Crippen LogP) is 4.61. The molecule has 0 unspecified atom stereocenters. The Balaban J connectivity index is 2.67. The van der Waals surface area contributed by atoms with Gasteiger partial charge in [-0.1, -0.05) is 39.7 Å². The standard InChI is InChI=1S/C14H7BrClFN2/c15-11-4-1-5-12(17)13(11)14(16)10(7-18)9-3-2-6-19-8-9/h1-6,8H/b14-10+. The van der Waals surface area contributed by atoms with E-state index in [1.165, 1.54) is 12.3 Å². The van der Waals surface area contributed by atoms with E-state index in [2.05, 4.69) is 20.9 Å². The van der Waals surface area contributed by atoms with Crippen LogP contribution in [0.1, 0.15) is 11.1 Å². The molecule has 2 aromatic rings. The number of pyridine rings is 1. The van der Waals surface area contributed by atoms with E-state index in [1.807, 2.05) is 6.07 Å². The van der Waals surface area contributed by atoms with Gasteiger partial charge in [0, 0.05) is 28.0 Å². The summed E-state index contributed by atoms with van der Waals surface area (Å²) in [6.07, 6.45) is 3.10. The first kappa shape index (κ1) is 13.7. The Morgan fingerprint density at radius 2 is 2.11 bits per heavy atom. The van der Waals surface area contributed by atoms with Gasteiger partial charge in [-0.05, 0) is 18.2 Å². The van der Waals surface area contributed by atoms with Gasteiger partial charge in [0.2, 0.25) is 0 Å². The number of nitrogens with zero attached hydrogens (tertiary/aromatic N) is 2. The number of hydrogen-bond donors (Lipinski definition) is 0. The van der Waals surface area contributed by atoms with Crippen molar-refractivity contribution in [2.75, 3.05) is 0 Å². The number of halogens is 3. The third-order valence-electron chi connectivity index (χ3n) is 2.46. The van der Waals surface area contributed by atoms with Crippen LogP contribution in [0, 0.1) is 17.1 Å². The molecule has 0 atom stereocenters. The maximum Gasteiger partial charge on any atom is 0.133 e. The fourth-order valence-corrected chi connectivity index (χ4v) is 2.58. The van der Waals surface area contributed by atoms with Crippen molar-refractivity contribution in [1.82, 2.24) is 4.98 Å². The van der Waals surface area contributed by atoms with Gasteiger partial charge in [0.05, 0.1) is 10.6 Å². The fourth-order valence-electron chi connectivity index (χ4n) is 1.58. The summed E-state index contributed by atoms with van der Waals surface area (Å²) in [6, 6.07) is 9.89. The molecule has 94 valence electrons. The van der Waals surface area contributed by atoms with Crippen LogP contribution in [0.4, 0.5) is 4.39 Å². The fraction of sp³-hybridized carbons (Fsp3) is 0. The SMILES string of the molecule is N#C/C(=C(\Cl)c1c(F)cccc1Br)c1cccnc1. The second-order valence-corrected chi connectivity index (χ2v) is 4.87. The summed E-state index contributed by atoms with van der Waals surface area (Å²) < 4.78 is 14.3. The molecule has 19 heavy (non-hydrogen) atoms. The molecule has 0 aliphatic carbocycles. The van der Waals surface area contributed by atoms with Crippen molar-refractivity contribution >= 4 is 38.1 Å². The number of hydrogen-bond acceptors (Lipinski definition) is 2. The lowest BCUT2D eigenvalue weighted by molar-refractivity contribution is 0.624. The number of rotatable bonds is 2. The molecule has 0 bridgehead atoms. The average Bonchev–Trinajstić information content (AvgIpc) is 2.40. The van der Waals surface area contributed by atoms with Gasteiger partial charge in [0.15, 0.2) is 0 Å². The van der Waals surface area contributed by atoms with Crippen molar-refractivity contribution in [3.05, 3.63) is 64.1 Å². The first-order chi connectivity index (χ1) is 9.15. The van der Waals surface area contributed by atoms with E-state index in [0.29, 0.717) is 10.0 Å². The highest BCUT2D eigenvalue weighted by Gasteiger charge is 2.16. The third-order valence-corrected chi connectivity index (χ3v) is 3.50. The Bertz CT molecular complexity index is 657. The van der Waals surface area contributed by atoms with Crippen LogP contribution in [0.15, 0.2) is 47.2 Å². The number of nitriles is 1. The normalized spacial score (nSPS) is 11.7. The maximum atomic E-state index is 13.8. The van der Waals surface area contributed by atoms with Crippen molar-refractivity contribution in [1.29, 1.82) is 5.26 Å². The number of benzene rings is 1. The molecule has 0 fully saturated rings. The molecular weight excluding hydrogens is 331 g/mol. The summed E-state index contributed by atoms with van der Waals surface area (Å²) in [4.78, 5) is 3.93. The molecule has 0 aliphatic heterocycles. The van der Waals surface area contributed by atoms with E-state index >= 15 is 0 Å². The summed E-state index contributed by atoms with van der Waals surface area (Å²) >= 11 is 9.41. The summed E-state index contributed by atoms with van der Waals surface area (Å²) in [7, 11) is 0. The zero-order valence-corrected chi connectivity index (χ0v) is 11.9. The van der Waals surface area contributed by atoms with E-state index in [1.54, 1.807) is 30.5 Å². The highest BCUT2D eigenvalue weighted by Crippen LogP contribution is 2.35. The van der Waals surface area contributed by atoms with Crippen LogP contribution in [-0.2, 0) is 0 Å². The molecule has 1 aromatic heterocycles. The van der Waals surface area contributed by atoms with Crippen LogP contribution in [0.3, 0.4) is 0 Å². The van der Waals surface area contributed by atoms with Gasteiger partial charge in [-0.25, -0.2) is 4.39 Å². The van der Waals surface area contributed by atoms with Gasteiger partial charge < -0.3 is 0 Å². The van der Waals surface area contributed by atoms with Crippen LogP contribution in [0.25, 0.3) is 10.6 Å². The summed E-state index contributed by atoms with van der Waals surface area (Å²) in [5.74, 6) is -0.490. The van der Waals surface area contributed by atoms with Crippen molar-refractivity contribution in [3.63, 3.8) is 0 Å². The lowest BCUT2D eigenvalue weighted by atomic mass is 10.1. The van der Waals surface area contributed by atoms with E-state index in [9.17, 15) is 9.65 Å². The lowest BCUT2D eigenvalue weighted by Gasteiger charge is -2.07. The minimum Gasteiger partial charge on any atom is -0.264 e. The summed E-state index contributed by atoms with van der Waals surface area (Å²) in [5.41, 5.74) is 0.898. The molecule has 5 heteroatoms. The molecule has 0 amide bonds. The molecule has 1 heterocycles. The molecule has 0 saturated carbocycles. The summed E-state index contributed by atoms with van der Waals surface area (Å²) in [5, 5.41) is 9.29. The molecule has 0 spiro atoms. The Morgan fingerprint density at radius 1 is 1.32 bits per heavy atom. The highest BCUT2D eigenvalue weighted by atomic mass is 79.9. The van der Waals surface area contributed by atoms with Gasteiger partial charge in [-0.3, -0.25) is 4.98 Å². The topological polar surface area (TPSA) is 36.7 Å². The molecule has 1 aromatic carbocycles. The van der Waals surface area contributed by atoms with Crippen LogP contribution >= 0.6 is 27.5 Å². The van der Waals surface area contributed by atoms with Gasteiger partial charge in [0.1, 0.15) is 11.9 Å². The van der Waals surface area contributed by atoms with E-state index in [4.69, 9.17) is 11.6 Å². The summed E-state index contributed by atoms with van der Waals surface area (Å²) in [6.45, 7) is 0. The van der Waals surface area contributed by atoms with Gasteiger partial charge in [-0.15, -0.1) is 0 Å². The Hall–Kier alpha value is -1.70. The molecule has 2 rings (SSSR count). The molecule has 2 nitrogen and oxygen atoms in total. The van der Waals surface area contributed by atoms with E-state index < -0.39 is 5.82 Å². The van der Waals surface area contributed by atoms with Crippen LogP contribution in [0.2, 0.25) is 0 Å². The van der Waals surface area contributed by atoms with Crippen LogP contribution in [-0.4, -0.2) is 4.98 Å². The Labute approximate surface area is 123 Å². The average molecular weight is 338 g/mol. The third kappa shape index (κ3) is 2.83. The van der Waals surface area contributed by atoms with Gasteiger partial charge >= 0.3 is 0 Å². The van der Waals surface area contributed by atoms with E-state index in [-0.39, 0.29) is 16.2 Å². The minimum absolute atomic E-state index is 0.0560. The lowest BCUT2D eigenvalue weighted by Crippen LogP contribution is -1.92. The molecule has 0 radical (unpaired) electrons. The van der Waals surface area contributed by atoms with Crippen molar-refractivity contribution in [2.45, 2.75) is 0 Å². The van der Waals surface area contributed by atoms with Crippen molar-refractivity contribution < 1.29 is 4.39 Å². The van der Waals surface area contributed by atoms with E-state index in [0.717, 1.165) is 0 Å². The number of allylic oxidation sites excluding steroid dienone is 1. The molecule has 0 aliphatic rings. The van der Waals surface area contributed by atoms with Gasteiger partial charge in [0.25, 0.3) is 0 Å². The highest BCUT2D eigenvalue weighted by molar-refractivity contribution is 9.10. The second kappa shape index (κ2) is 5.96. The van der Waals surface area contributed by atoms with Crippen LogP contribution < -0.4 is 0 Å². The Kier molecular flexibility index (Phi) is 4.31. The van der Waals surface area contributed by atoms with Crippen molar-refractivity contribution in [2.24, 2.45) is 0 Å². The minimum atomic E-state index is -0.490. The quantitative estimate of drug-likeness (QED) is 0.750. The zero-order chi connectivity index (χ0) is 13.8. The smallest absolute Gasteiger partial charge is 0.133 e. The first-order valence-corrected chi connectivity index (χ1v) is 6.47.